The molecule has 6 heteroatoms. The first-order valence-corrected chi connectivity index (χ1v) is 7.15. The summed E-state index contributed by atoms with van der Waals surface area (Å²) in [5, 5.41) is 7.64. The molecule has 102 valence electrons. The Morgan fingerprint density at radius 3 is 2.58 bits per heavy atom. The molecule has 0 spiro atoms. The first-order chi connectivity index (χ1) is 8.82. The molecule has 0 aliphatic heterocycles. The normalized spacial score (nSPS) is 11.7. The Hall–Kier alpha value is -1.18. The molecule has 2 aromatic rings. The fourth-order valence-corrected chi connectivity index (χ4v) is 2.41. The summed E-state index contributed by atoms with van der Waals surface area (Å²) in [6.07, 6.45) is 3.80. The average molecular weight is 371 g/mol. The number of hydrogen-bond donors (Lipinski definition) is 1. The summed E-state index contributed by atoms with van der Waals surface area (Å²) in [7, 11) is 3.78. The lowest BCUT2D eigenvalue weighted by molar-refractivity contribution is 0.554. The van der Waals surface area contributed by atoms with Crippen LogP contribution in [-0.4, -0.2) is 26.8 Å². The SMILES string of the molecule is CNc1nc(-c2cn(C)nc2C(C)(C)C)ncc1I. The maximum atomic E-state index is 4.57. The molecule has 0 amide bonds. The molecule has 0 fully saturated rings. The second-order valence-electron chi connectivity index (χ2n) is 5.46. The molecule has 2 rings (SSSR count). The van der Waals surface area contributed by atoms with Gasteiger partial charge >= 0.3 is 0 Å². The van der Waals surface area contributed by atoms with Gasteiger partial charge in [-0.2, -0.15) is 5.10 Å². The summed E-state index contributed by atoms with van der Waals surface area (Å²) in [6, 6.07) is 0. The van der Waals surface area contributed by atoms with Gasteiger partial charge in [-0.05, 0) is 22.6 Å². The fraction of sp³-hybridized carbons (Fsp3) is 0.462. The van der Waals surface area contributed by atoms with Crippen molar-refractivity contribution in [3.63, 3.8) is 0 Å². The van der Waals surface area contributed by atoms with Gasteiger partial charge in [0, 0.05) is 31.9 Å². The standard InChI is InChI=1S/C13H18IN5/c1-13(2,3)10-8(7-19(5)18-10)11-16-6-9(14)12(15-4)17-11/h6-7H,1-5H3,(H,15,16,17). The number of halogens is 1. The first kappa shape index (κ1) is 14.2. The van der Waals surface area contributed by atoms with E-state index in [9.17, 15) is 0 Å². The minimum atomic E-state index is -0.0389. The van der Waals surface area contributed by atoms with Gasteiger partial charge in [-0.3, -0.25) is 4.68 Å². The maximum absolute atomic E-state index is 4.57. The van der Waals surface area contributed by atoms with Crippen molar-refractivity contribution >= 4 is 28.4 Å². The minimum absolute atomic E-state index is 0.0389. The molecule has 0 aromatic carbocycles. The van der Waals surface area contributed by atoms with Crippen molar-refractivity contribution in [2.75, 3.05) is 12.4 Å². The summed E-state index contributed by atoms with van der Waals surface area (Å²) >= 11 is 2.22. The zero-order valence-electron chi connectivity index (χ0n) is 11.8. The van der Waals surface area contributed by atoms with E-state index in [1.165, 1.54) is 0 Å². The van der Waals surface area contributed by atoms with Crippen LogP contribution in [0.3, 0.4) is 0 Å². The molecule has 0 aliphatic rings. The summed E-state index contributed by atoms with van der Waals surface area (Å²) in [4.78, 5) is 9.00. The highest BCUT2D eigenvalue weighted by molar-refractivity contribution is 14.1. The highest BCUT2D eigenvalue weighted by atomic mass is 127. The van der Waals surface area contributed by atoms with E-state index in [0.29, 0.717) is 5.82 Å². The number of rotatable bonds is 2. The molecule has 0 saturated carbocycles. The number of anilines is 1. The second-order valence-corrected chi connectivity index (χ2v) is 6.62. The quantitative estimate of drug-likeness (QED) is 0.825. The Labute approximate surface area is 127 Å². The molecular weight excluding hydrogens is 353 g/mol. The minimum Gasteiger partial charge on any atom is -0.372 e. The van der Waals surface area contributed by atoms with Crippen molar-refractivity contribution in [1.29, 1.82) is 0 Å². The number of aryl methyl sites for hydroxylation is 1. The van der Waals surface area contributed by atoms with E-state index >= 15 is 0 Å². The Balaban J connectivity index is 2.59. The summed E-state index contributed by atoms with van der Waals surface area (Å²) < 4.78 is 2.82. The molecule has 0 aliphatic carbocycles. The van der Waals surface area contributed by atoms with Crippen molar-refractivity contribution in [2.45, 2.75) is 26.2 Å². The van der Waals surface area contributed by atoms with E-state index < -0.39 is 0 Å². The molecule has 0 radical (unpaired) electrons. The number of nitrogens with one attached hydrogen (secondary N) is 1. The molecule has 0 unspecified atom stereocenters. The molecule has 0 saturated heterocycles. The molecule has 2 aromatic heterocycles. The van der Waals surface area contributed by atoms with E-state index in [2.05, 4.69) is 63.7 Å². The van der Waals surface area contributed by atoms with E-state index in [-0.39, 0.29) is 5.41 Å². The second kappa shape index (κ2) is 5.07. The Kier molecular flexibility index (Phi) is 3.80. The lowest BCUT2D eigenvalue weighted by Gasteiger charge is -2.17. The molecule has 0 atom stereocenters. The van der Waals surface area contributed by atoms with Crippen molar-refractivity contribution in [2.24, 2.45) is 7.05 Å². The molecule has 2 heterocycles. The van der Waals surface area contributed by atoms with Gasteiger partial charge in [0.05, 0.1) is 14.8 Å². The molecule has 1 N–H and O–H groups in total. The van der Waals surface area contributed by atoms with Crippen LogP contribution in [-0.2, 0) is 12.5 Å². The van der Waals surface area contributed by atoms with Gasteiger partial charge < -0.3 is 5.32 Å². The topological polar surface area (TPSA) is 55.6 Å². The van der Waals surface area contributed by atoms with Crippen LogP contribution in [0.15, 0.2) is 12.4 Å². The maximum Gasteiger partial charge on any atom is 0.165 e. The Morgan fingerprint density at radius 1 is 1.32 bits per heavy atom. The van der Waals surface area contributed by atoms with Crippen LogP contribution in [0, 0.1) is 3.57 Å². The lowest BCUT2D eigenvalue weighted by atomic mass is 9.89. The Bertz CT molecular complexity index is 598. The molecule has 19 heavy (non-hydrogen) atoms. The van der Waals surface area contributed by atoms with Gasteiger partial charge in [-0.25, -0.2) is 9.97 Å². The van der Waals surface area contributed by atoms with E-state index in [1.807, 2.05) is 31.2 Å². The summed E-state index contributed by atoms with van der Waals surface area (Å²) in [6.45, 7) is 6.43. The van der Waals surface area contributed by atoms with Crippen LogP contribution in [0.2, 0.25) is 0 Å². The van der Waals surface area contributed by atoms with Gasteiger partial charge in [0.2, 0.25) is 0 Å². The third-order valence-electron chi connectivity index (χ3n) is 2.76. The summed E-state index contributed by atoms with van der Waals surface area (Å²) in [5.41, 5.74) is 1.96. The molecular formula is C13H18IN5. The molecule has 5 nitrogen and oxygen atoms in total. The van der Waals surface area contributed by atoms with Gasteiger partial charge in [0.1, 0.15) is 5.82 Å². The van der Waals surface area contributed by atoms with Gasteiger partial charge in [-0.1, -0.05) is 20.8 Å². The lowest BCUT2D eigenvalue weighted by Crippen LogP contribution is -2.14. The van der Waals surface area contributed by atoms with Crippen LogP contribution >= 0.6 is 22.6 Å². The number of nitrogens with zero attached hydrogens (tertiary/aromatic N) is 4. The fourth-order valence-electron chi connectivity index (χ4n) is 1.88. The average Bonchev–Trinajstić information content (AvgIpc) is 2.72. The number of hydrogen-bond acceptors (Lipinski definition) is 4. The zero-order valence-corrected chi connectivity index (χ0v) is 14.0. The van der Waals surface area contributed by atoms with Crippen LogP contribution in [0.25, 0.3) is 11.4 Å². The van der Waals surface area contributed by atoms with Gasteiger partial charge in [0.15, 0.2) is 5.82 Å². The zero-order chi connectivity index (χ0) is 14.2. The highest BCUT2D eigenvalue weighted by Crippen LogP contribution is 2.30. The van der Waals surface area contributed by atoms with Crippen LogP contribution in [0.1, 0.15) is 26.5 Å². The molecule has 0 bridgehead atoms. The van der Waals surface area contributed by atoms with Crippen LogP contribution in [0.5, 0.6) is 0 Å². The predicted octanol–water partition coefficient (Wildman–Crippen LogP) is 2.82. The predicted molar refractivity (Wildman–Crippen MR) is 85.2 cm³/mol. The van der Waals surface area contributed by atoms with Crippen molar-refractivity contribution < 1.29 is 0 Å². The Morgan fingerprint density at radius 2 is 2.00 bits per heavy atom. The van der Waals surface area contributed by atoms with Gasteiger partial charge in [-0.15, -0.1) is 0 Å². The smallest absolute Gasteiger partial charge is 0.165 e. The van der Waals surface area contributed by atoms with Crippen molar-refractivity contribution in [1.82, 2.24) is 19.7 Å². The van der Waals surface area contributed by atoms with Crippen molar-refractivity contribution in [3.8, 4) is 11.4 Å². The number of aromatic nitrogens is 4. The van der Waals surface area contributed by atoms with E-state index in [4.69, 9.17) is 0 Å². The van der Waals surface area contributed by atoms with Crippen LogP contribution in [0.4, 0.5) is 5.82 Å². The summed E-state index contributed by atoms with van der Waals surface area (Å²) in [5.74, 6) is 1.55. The largest absolute Gasteiger partial charge is 0.372 e. The third kappa shape index (κ3) is 2.88. The van der Waals surface area contributed by atoms with Gasteiger partial charge in [0.25, 0.3) is 0 Å². The first-order valence-electron chi connectivity index (χ1n) is 6.07. The highest BCUT2D eigenvalue weighted by Gasteiger charge is 2.24. The third-order valence-corrected chi connectivity index (χ3v) is 3.55. The van der Waals surface area contributed by atoms with Crippen LogP contribution < -0.4 is 5.32 Å². The van der Waals surface area contributed by atoms with E-state index in [0.717, 1.165) is 20.6 Å². The monoisotopic (exact) mass is 371 g/mol. The van der Waals surface area contributed by atoms with Crippen molar-refractivity contribution in [3.05, 3.63) is 21.7 Å². The van der Waals surface area contributed by atoms with E-state index in [1.54, 1.807) is 0 Å².